The van der Waals surface area contributed by atoms with E-state index in [4.69, 9.17) is 0 Å². The van der Waals surface area contributed by atoms with Gasteiger partial charge in [-0.05, 0) is 18.9 Å². The van der Waals surface area contributed by atoms with Gasteiger partial charge in [0, 0.05) is 6.20 Å². The summed E-state index contributed by atoms with van der Waals surface area (Å²) in [4.78, 5) is 7.75. The van der Waals surface area contributed by atoms with E-state index in [1.54, 1.807) is 12.3 Å². The van der Waals surface area contributed by atoms with E-state index >= 15 is 0 Å². The van der Waals surface area contributed by atoms with Crippen molar-refractivity contribution in [1.82, 2.24) is 9.97 Å². The van der Waals surface area contributed by atoms with Crippen LogP contribution in [0.4, 0.5) is 0 Å². The molecule has 3 nitrogen and oxygen atoms in total. The van der Waals surface area contributed by atoms with Gasteiger partial charge < -0.3 is 5.11 Å². The molecule has 0 amide bonds. The van der Waals surface area contributed by atoms with Crippen molar-refractivity contribution in [2.75, 3.05) is 0 Å². The molecule has 1 heterocycles. The molecule has 1 N–H and O–H groups in total. The number of aliphatic hydroxyl groups excluding tert-OH is 1. The van der Waals surface area contributed by atoms with Crippen LogP contribution >= 0.6 is 0 Å². The van der Waals surface area contributed by atoms with E-state index in [1.165, 1.54) is 6.33 Å². The third-order valence-electron chi connectivity index (χ3n) is 1.93. The van der Waals surface area contributed by atoms with Crippen LogP contribution in [0.2, 0.25) is 0 Å². The zero-order chi connectivity index (χ0) is 9.68. The molecule has 3 heteroatoms. The largest absolute Gasteiger partial charge is 0.386 e. The molecule has 70 valence electrons. The molecule has 0 saturated heterocycles. The molecular formula is C10H14N2O. The van der Waals surface area contributed by atoms with Crippen molar-refractivity contribution < 1.29 is 5.11 Å². The average Bonchev–Trinajstić information content (AvgIpc) is 2.19. The molecule has 1 rings (SSSR count). The van der Waals surface area contributed by atoms with Crippen LogP contribution in [-0.4, -0.2) is 15.1 Å². The van der Waals surface area contributed by atoms with E-state index in [1.807, 2.05) is 6.92 Å². The van der Waals surface area contributed by atoms with Crippen LogP contribution < -0.4 is 0 Å². The molecule has 0 radical (unpaired) electrons. The van der Waals surface area contributed by atoms with Crippen LogP contribution in [0.25, 0.3) is 0 Å². The highest BCUT2D eigenvalue weighted by molar-refractivity contribution is 5.06. The third-order valence-corrected chi connectivity index (χ3v) is 1.93. The Morgan fingerprint density at radius 1 is 1.69 bits per heavy atom. The van der Waals surface area contributed by atoms with E-state index in [0.29, 0.717) is 12.1 Å². The number of hydrogen-bond acceptors (Lipinski definition) is 3. The molecule has 0 aromatic carbocycles. The molecule has 13 heavy (non-hydrogen) atoms. The third kappa shape index (κ3) is 2.95. The zero-order valence-electron chi connectivity index (χ0n) is 7.77. The smallest absolute Gasteiger partial charge is 0.115 e. The van der Waals surface area contributed by atoms with E-state index in [9.17, 15) is 5.11 Å². The van der Waals surface area contributed by atoms with Crippen LogP contribution in [-0.2, 0) is 0 Å². The summed E-state index contributed by atoms with van der Waals surface area (Å²) in [6.45, 7) is 5.86. The number of aliphatic hydroxyl groups is 1. The summed E-state index contributed by atoms with van der Waals surface area (Å²) in [5.41, 5.74) is 1.69. The zero-order valence-corrected chi connectivity index (χ0v) is 7.77. The lowest BCUT2D eigenvalue weighted by Gasteiger charge is -2.09. The number of rotatable bonds is 4. The number of nitrogens with zero attached hydrogens (tertiary/aromatic N) is 2. The molecule has 0 aliphatic rings. The molecule has 1 unspecified atom stereocenters. The summed E-state index contributed by atoms with van der Waals surface area (Å²) >= 11 is 0. The van der Waals surface area contributed by atoms with Crippen molar-refractivity contribution in [1.29, 1.82) is 0 Å². The van der Waals surface area contributed by atoms with Gasteiger partial charge in [-0.2, -0.15) is 0 Å². The molecule has 1 aromatic heterocycles. The Bertz CT molecular complexity index is 272. The van der Waals surface area contributed by atoms with Crippen LogP contribution in [0.3, 0.4) is 0 Å². The summed E-state index contributed by atoms with van der Waals surface area (Å²) in [5, 5.41) is 9.67. The minimum Gasteiger partial charge on any atom is -0.386 e. The molecule has 0 aliphatic heterocycles. The van der Waals surface area contributed by atoms with Crippen molar-refractivity contribution >= 4 is 0 Å². The molecule has 0 spiro atoms. The van der Waals surface area contributed by atoms with Gasteiger partial charge in [-0.3, -0.25) is 0 Å². The van der Waals surface area contributed by atoms with Crippen LogP contribution in [0, 0.1) is 0 Å². The Hall–Kier alpha value is -1.22. The molecule has 1 aromatic rings. The van der Waals surface area contributed by atoms with Crippen molar-refractivity contribution in [3.63, 3.8) is 0 Å². The van der Waals surface area contributed by atoms with Gasteiger partial charge in [0.1, 0.15) is 6.33 Å². The molecule has 0 aliphatic carbocycles. The first kappa shape index (κ1) is 9.86. The second-order valence-electron chi connectivity index (χ2n) is 2.96. The van der Waals surface area contributed by atoms with Crippen LogP contribution in [0.15, 0.2) is 30.7 Å². The van der Waals surface area contributed by atoms with Gasteiger partial charge in [-0.1, -0.05) is 19.1 Å². The van der Waals surface area contributed by atoms with Crippen molar-refractivity contribution in [2.45, 2.75) is 25.9 Å². The number of aromatic nitrogens is 2. The summed E-state index contributed by atoms with van der Waals surface area (Å²) < 4.78 is 0. The highest BCUT2D eigenvalue weighted by Crippen LogP contribution is 2.18. The SMILES string of the molecule is C=C(CC)CC(O)c1ccncn1. The fraction of sp³-hybridized carbons (Fsp3) is 0.400. The lowest BCUT2D eigenvalue weighted by atomic mass is 10.1. The van der Waals surface area contributed by atoms with Crippen molar-refractivity contribution in [3.8, 4) is 0 Å². The van der Waals surface area contributed by atoms with Gasteiger partial charge in [-0.25, -0.2) is 9.97 Å². The standard InChI is InChI=1S/C10H14N2O/c1-3-8(2)6-10(13)9-4-5-11-7-12-9/h4-5,7,10,13H,2-3,6H2,1H3. The van der Waals surface area contributed by atoms with Crippen LogP contribution in [0.5, 0.6) is 0 Å². The van der Waals surface area contributed by atoms with Crippen LogP contribution in [0.1, 0.15) is 31.6 Å². The van der Waals surface area contributed by atoms with Gasteiger partial charge in [0.05, 0.1) is 11.8 Å². The van der Waals surface area contributed by atoms with Gasteiger partial charge in [0.2, 0.25) is 0 Å². The summed E-state index contributed by atoms with van der Waals surface area (Å²) in [7, 11) is 0. The first-order chi connectivity index (χ1) is 6.24. The summed E-state index contributed by atoms with van der Waals surface area (Å²) in [6.07, 6.45) is 3.99. The van der Waals surface area contributed by atoms with Crippen molar-refractivity contribution in [3.05, 3.63) is 36.4 Å². The van der Waals surface area contributed by atoms with E-state index in [0.717, 1.165) is 12.0 Å². The van der Waals surface area contributed by atoms with Gasteiger partial charge in [0.15, 0.2) is 0 Å². The Balaban J connectivity index is 2.59. The Morgan fingerprint density at radius 3 is 3.00 bits per heavy atom. The lowest BCUT2D eigenvalue weighted by Crippen LogP contribution is -2.01. The van der Waals surface area contributed by atoms with Gasteiger partial charge in [-0.15, -0.1) is 0 Å². The predicted octanol–water partition coefficient (Wildman–Crippen LogP) is 1.87. The minimum absolute atomic E-state index is 0.546. The molecular weight excluding hydrogens is 164 g/mol. The van der Waals surface area contributed by atoms with E-state index in [2.05, 4.69) is 16.5 Å². The quantitative estimate of drug-likeness (QED) is 0.716. The van der Waals surface area contributed by atoms with E-state index in [-0.39, 0.29) is 0 Å². The summed E-state index contributed by atoms with van der Waals surface area (Å²) in [6, 6.07) is 1.72. The molecule has 1 atom stereocenters. The molecule has 0 fully saturated rings. The maximum atomic E-state index is 9.67. The van der Waals surface area contributed by atoms with Gasteiger partial charge in [0.25, 0.3) is 0 Å². The predicted molar refractivity (Wildman–Crippen MR) is 51.0 cm³/mol. The van der Waals surface area contributed by atoms with Crippen molar-refractivity contribution in [2.24, 2.45) is 0 Å². The normalized spacial score (nSPS) is 12.5. The lowest BCUT2D eigenvalue weighted by molar-refractivity contribution is 0.172. The second-order valence-corrected chi connectivity index (χ2v) is 2.96. The Labute approximate surface area is 78.2 Å². The van der Waals surface area contributed by atoms with Gasteiger partial charge >= 0.3 is 0 Å². The molecule has 0 bridgehead atoms. The Kier molecular flexibility index (Phi) is 3.58. The maximum absolute atomic E-state index is 9.67. The fourth-order valence-electron chi connectivity index (χ4n) is 1.02. The highest BCUT2D eigenvalue weighted by atomic mass is 16.3. The number of hydrogen-bond donors (Lipinski definition) is 1. The summed E-state index contributed by atoms with van der Waals surface area (Å²) in [5.74, 6) is 0. The minimum atomic E-state index is -0.546. The average molecular weight is 178 g/mol. The first-order valence-corrected chi connectivity index (χ1v) is 4.34. The maximum Gasteiger partial charge on any atom is 0.115 e. The second kappa shape index (κ2) is 4.72. The fourth-order valence-corrected chi connectivity index (χ4v) is 1.02. The Morgan fingerprint density at radius 2 is 2.46 bits per heavy atom. The topological polar surface area (TPSA) is 46.0 Å². The molecule has 0 saturated carbocycles. The van der Waals surface area contributed by atoms with E-state index < -0.39 is 6.10 Å². The highest BCUT2D eigenvalue weighted by Gasteiger charge is 2.08. The monoisotopic (exact) mass is 178 g/mol. The first-order valence-electron chi connectivity index (χ1n) is 4.34.